The molecule has 0 fully saturated rings. The summed E-state index contributed by atoms with van der Waals surface area (Å²) in [5.41, 5.74) is 14.7. The molecule has 9 heteroatoms. The fraction of sp³-hybridized carbons (Fsp3) is 0.0476. The first-order valence-electron chi connectivity index (χ1n) is 9.09. The monoisotopic (exact) mass is 401 g/mol. The van der Waals surface area contributed by atoms with Crippen molar-refractivity contribution in [2.45, 2.75) is 6.54 Å². The second-order valence-electron chi connectivity index (χ2n) is 6.56. The van der Waals surface area contributed by atoms with Crippen molar-refractivity contribution in [2.75, 3.05) is 5.32 Å². The molecule has 9 nitrogen and oxygen atoms in total. The predicted octanol–water partition coefficient (Wildman–Crippen LogP) is 2.61. The average molecular weight is 401 g/mol. The Morgan fingerprint density at radius 1 is 1.17 bits per heavy atom. The fourth-order valence-electron chi connectivity index (χ4n) is 3.07. The topological polar surface area (TPSA) is 144 Å². The number of anilines is 1. The van der Waals surface area contributed by atoms with E-state index in [9.17, 15) is 9.90 Å². The highest BCUT2D eigenvalue weighted by Crippen LogP contribution is 2.29. The Hall–Kier alpha value is -4.40. The maximum Gasteiger partial charge on any atom is 0.335 e. The van der Waals surface area contributed by atoms with Gasteiger partial charge in [-0.05, 0) is 42.0 Å². The number of hydrogen-bond donors (Lipinski definition) is 4. The quantitative estimate of drug-likeness (QED) is 0.287. The minimum atomic E-state index is -1.00. The third-order valence-electron chi connectivity index (χ3n) is 4.46. The van der Waals surface area contributed by atoms with Crippen LogP contribution in [0.15, 0.2) is 72.1 Å². The van der Waals surface area contributed by atoms with E-state index in [1.807, 2.05) is 40.8 Å². The number of aromatic carboxylic acids is 1. The largest absolute Gasteiger partial charge is 0.478 e. The lowest BCUT2D eigenvalue weighted by Crippen LogP contribution is -2.21. The van der Waals surface area contributed by atoms with Crippen molar-refractivity contribution in [3.8, 4) is 11.3 Å². The maximum absolute atomic E-state index is 11.3. The molecule has 3 heterocycles. The van der Waals surface area contributed by atoms with E-state index in [-0.39, 0.29) is 11.5 Å². The summed E-state index contributed by atoms with van der Waals surface area (Å²) in [5, 5.41) is 12.7. The first-order chi connectivity index (χ1) is 14.5. The summed E-state index contributed by atoms with van der Waals surface area (Å²) >= 11 is 0. The number of pyridine rings is 2. The second kappa shape index (κ2) is 7.92. The van der Waals surface area contributed by atoms with Gasteiger partial charge in [-0.2, -0.15) is 0 Å². The van der Waals surface area contributed by atoms with Crippen LogP contribution in [0.3, 0.4) is 0 Å². The number of imidazole rings is 1. The number of benzene rings is 1. The Bertz CT molecular complexity index is 1230. The van der Waals surface area contributed by atoms with Crippen molar-refractivity contribution in [1.29, 1.82) is 0 Å². The van der Waals surface area contributed by atoms with Gasteiger partial charge in [-0.1, -0.05) is 12.1 Å². The average Bonchev–Trinajstić information content (AvgIpc) is 3.11. The first kappa shape index (κ1) is 18.9. The van der Waals surface area contributed by atoms with E-state index in [0.717, 1.165) is 16.9 Å². The number of fused-ring (bicyclic) bond motifs is 1. The number of nitrogens with one attached hydrogen (secondary N) is 1. The molecule has 1 aromatic carbocycles. The molecule has 0 atom stereocenters. The van der Waals surface area contributed by atoms with Crippen LogP contribution in [0.2, 0.25) is 0 Å². The number of nitrogens with zero attached hydrogens (tertiary/aromatic N) is 4. The van der Waals surface area contributed by atoms with Crippen molar-refractivity contribution in [2.24, 2.45) is 16.5 Å². The molecule has 0 saturated heterocycles. The number of rotatable bonds is 6. The SMILES string of the molecule is NC(N)=Nc1ccc(CNc2c(-c3cccnc3)nc3cc(C(=O)O)ccn23)cc1. The van der Waals surface area contributed by atoms with Gasteiger partial charge >= 0.3 is 5.97 Å². The minimum absolute atomic E-state index is 0.00782. The molecule has 0 saturated carbocycles. The van der Waals surface area contributed by atoms with Crippen LogP contribution in [0.1, 0.15) is 15.9 Å². The van der Waals surface area contributed by atoms with Crippen molar-refractivity contribution in [3.05, 3.63) is 78.2 Å². The van der Waals surface area contributed by atoms with E-state index in [2.05, 4.69) is 20.3 Å². The van der Waals surface area contributed by atoms with E-state index in [4.69, 9.17) is 11.5 Å². The molecule has 150 valence electrons. The first-order valence-corrected chi connectivity index (χ1v) is 9.09. The normalized spacial score (nSPS) is 10.7. The predicted molar refractivity (Wildman–Crippen MR) is 115 cm³/mol. The van der Waals surface area contributed by atoms with Crippen molar-refractivity contribution in [1.82, 2.24) is 14.4 Å². The highest BCUT2D eigenvalue weighted by molar-refractivity contribution is 5.89. The van der Waals surface area contributed by atoms with E-state index in [1.54, 1.807) is 24.7 Å². The third kappa shape index (κ3) is 3.90. The van der Waals surface area contributed by atoms with Crippen molar-refractivity contribution >= 4 is 29.1 Å². The molecule has 0 spiro atoms. The summed E-state index contributed by atoms with van der Waals surface area (Å²) in [6, 6.07) is 14.3. The number of guanidine groups is 1. The molecule has 6 N–H and O–H groups in total. The van der Waals surface area contributed by atoms with Gasteiger partial charge in [-0.3, -0.25) is 9.38 Å². The van der Waals surface area contributed by atoms with Gasteiger partial charge in [0.15, 0.2) is 5.96 Å². The highest BCUT2D eigenvalue weighted by Gasteiger charge is 2.16. The number of carboxylic acids is 1. The Balaban J connectivity index is 1.69. The van der Waals surface area contributed by atoms with Crippen LogP contribution >= 0.6 is 0 Å². The Morgan fingerprint density at radius 2 is 1.97 bits per heavy atom. The van der Waals surface area contributed by atoms with Crippen molar-refractivity contribution < 1.29 is 9.90 Å². The molecular formula is C21H19N7O2. The van der Waals surface area contributed by atoms with Gasteiger partial charge in [-0.15, -0.1) is 0 Å². The molecule has 0 unspecified atom stereocenters. The van der Waals surface area contributed by atoms with Crippen LogP contribution < -0.4 is 16.8 Å². The van der Waals surface area contributed by atoms with Crippen LogP contribution in [0, 0.1) is 0 Å². The summed E-state index contributed by atoms with van der Waals surface area (Å²) in [5.74, 6) is -0.254. The van der Waals surface area contributed by atoms with Crippen LogP contribution in [-0.4, -0.2) is 31.4 Å². The molecule has 0 aliphatic rings. The zero-order valence-electron chi connectivity index (χ0n) is 15.9. The van der Waals surface area contributed by atoms with Gasteiger partial charge in [-0.25, -0.2) is 14.8 Å². The van der Waals surface area contributed by atoms with Crippen LogP contribution in [0.4, 0.5) is 11.5 Å². The molecule has 0 aliphatic carbocycles. The lowest BCUT2D eigenvalue weighted by atomic mass is 10.2. The Morgan fingerprint density at radius 3 is 2.63 bits per heavy atom. The number of carbonyl (C=O) groups is 1. The van der Waals surface area contributed by atoms with Gasteiger partial charge in [0.1, 0.15) is 17.2 Å². The van der Waals surface area contributed by atoms with Crippen LogP contribution in [-0.2, 0) is 6.54 Å². The van der Waals surface area contributed by atoms with E-state index in [0.29, 0.717) is 23.6 Å². The maximum atomic E-state index is 11.3. The summed E-state index contributed by atoms with van der Waals surface area (Å²) in [6.07, 6.45) is 5.10. The number of aliphatic imine (C=N–C) groups is 1. The van der Waals surface area contributed by atoms with Gasteiger partial charge in [0.25, 0.3) is 0 Å². The number of hydrogen-bond acceptors (Lipinski definition) is 5. The van der Waals surface area contributed by atoms with Crippen LogP contribution in [0.5, 0.6) is 0 Å². The summed E-state index contributed by atoms with van der Waals surface area (Å²) in [4.78, 5) is 24.1. The molecule has 4 rings (SSSR count). The summed E-state index contributed by atoms with van der Waals surface area (Å²) < 4.78 is 1.82. The summed E-state index contributed by atoms with van der Waals surface area (Å²) in [6.45, 7) is 0.518. The molecule has 3 aromatic heterocycles. The summed E-state index contributed by atoms with van der Waals surface area (Å²) in [7, 11) is 0. The molecule has 0 radical (unpaired) electrons. The van der Waals surface area contributed by atoms with E-state index >= 15 is 0 Å². The lowest BCUT2D eigenvalue weighted by Gasteiger charge is -2.09. The minimum Gasteiger partial charge on any atom is -0.478 e. The highest BCUT2D eigenvalue weighted by atomic mass is 16.4. The number of carboxylic acid groups (broad SMARTS) is 1. The van der Waals surface area contributed by atoms with E-state index < -0.39 is 5.97 Å². The molecule has 30 heavy (non-hydrogen) atoms. The standard InChI is InChI=1S/C21H19N7O2/c22-21(23)26-16-5-3-13(4-6-16)11-25-19-18(15-2-1-8-24-12-15)27-17-10-14(20(29)30)7-9-28(17)19/h1-10,12,25H,11H2,(H,29,30)(H4,22,23,26). The molecule has 0 aliphatic heterocycles. The second-order valence-corrected chi connectivity index (χ2v) is 6.56. The van der Waals surface area contributed by atoms with Gasteiger partial charge < -0.3 is 21.9 Å². The Labute approximate surface area is 171 Å². The Kier molecular flexibility index (Phi) is 5.00. The van der Waals surface area contributed by atoms with Crippen molar-refractivity contribution in [3.63, 3.8) is 0 Å². The third-order valence-corrected chi connectivity index (χ3v) is 4.46. The van der Waals surface area contributed by atoms with Crippen LogP contribution in [0.25, 0.3) is 16.9 Å². The smallest absolute Gasteiger partial charge is 0.335 e. The zero-order valence-corrected chi connectivity index (χ0v) is 15.9. The van der Waals surface area contributed by atoms with Gasteiger partial charge in [0.05, 0.1) is 11.3 Å². The van der Waals surface area contributed by atoms with E-state index in [1.165, 1.54) is 6.07 Å². The van der Waals surface area contributed by atoms with Gasteiger partial charge in [0, 0.05) is 30.7 Å². The molecule has 0 amide bonds. The zero-order chi connectivity index (χ0) is 21.1. The molecule has 4 aromatic rings. The number of aromatic nitrogens is 3. The lowest BCUT2D eigenvalue weighted by molar-refractivity contribution is 0.0697. The molecule has 0 bridgehead atoms. The number of nitrogens with two attached hydrogens (primary N) is 2. The fourth-order valence-corrected chi connectivity index (χ4v) is 3.07. The van der Waals surface area contributed by atoms with Gasteiger partial charge in [0.2, 0.25) is 0 Å². The molecular weight excluding hydrogens is 382 g/mol.